The summed E-state index contributed by atoms with van der Waals surface area (Å²) in [5, 5.41) is 3.38. The van der Waals surface area contributed by atoms with Gasteiger partial charge < -0.3 is 4.79 Å². The van der Waals surface area contributed by atoms with Crippen molar-refractivity contribution < 1.29 is 13.2 Å². The van der Waals surface area contributed by atoms with Crippen LogP contribution in [0.1, 0.15) is 12.8 Å². The predicted octanol–water partition coefficient (Wildman–Crippen LogP) is 1.98. The molecule has 1 aromatic rings. The zero-order valence-electron chi connectivity index (χ0n) is 10.0. The van der Waals surface area contributed by atoms with Crippen LogP contribution < -0.4 is 0 Å². The fourth-order valence-electron chi connectivity index (χ4n) is 2.13. The van der Waals surface area contributed by atoms with E-state index >= 15 is 0 Å². The van der Waals surface area contributed by atoms with Crippen molar-refractivity contribution in [3.63, 3.8) is 0 Å². The first kappa shape index (κ1) is 13.5. The standard InChI is InChI=1S/C11H12N4O3S/c12-14-13-10-5-1-2-6-11(10)19(17,18)15-7-3-4-9(15)8-16/h1-2,5-6,8-9H,3-4,7H2/t9-/m0/s1. The predicted molar refractivity (Wildman–Crippen MR) is 68.2 cm³/mol. The van der Waals surface area contributed by atoms with Gasteiger partial charge in [-0.15, -0.1) is 0 Å². The molecule has 0 aromatic heterocycles. The number of hydrogen-bond acceptors (Lipinski definition) is 4. The average Bonchev–Trinajstić information content (AvgIpc) is 2.88. The number of rotatable bonds is 4. The molecule has 0 unspecified atom stereocenters. The highest BCUT2D eigenvalue weighted by Crippen LogP contribution is 2.31. The first-order valence-electron chi connectivity index (χ1n) is 5.72. The third-order valence-electron chi connectivity index (χ3n) is 3.01. The van der Waals surface area contributed by atoms with Crippen molar-refractivity contribution >= 4 is 22.0 Å². The molecule has 0 N–H and O–H groups in total. The Labute approximate surface area is 110 Å². The minimum Gasteiger partial charge on any atom is -0.302 e. The lowest BCUT2D eigenvalue weighted by molar-refractivity contribution is -0.110. The van der Waals surface area contributed by atoms with Gasteiger partial charge in [0, 0.05) is 11.5 Å². The molecule has 8 heteroatoms. The van der Waals surface area contributed by atoms with Crippen molar-refractivity contribution in [2.24, 2.45) is 5.11 Å². The molecular formula is C11H12N4O3S. The Kier molecular flexibility index (Phi) is 3.84. The number of benzene rings is 1. The van der Waals surface area contributed by atoms with Gasteiger partial charge in [-0.3, -0.25) is 0 Å². The number of aldehydes is 1. The van der Waals surface area contributed by atoms with Gasteiger partial charge in [0.05, 0.1) is 16.6 Å². The minimum atomic E-state index is -3.82. The first-order chi connectivity index (χ1) is 9.11. The maximum Gasteiger partial charge on any atom is 0.244 e. The summed E-state index contributed by atoms with van der Waals surface area (Å²) >= 11 is 0. The van der Waals surface area contributed by atoms with Crippen LogP contribution in [0.15, 0.2) is 34.3 Å². The lowest BCUT2D eigenvalue weighted by atomic mass is 10.2. The van der Waals surface area contributed by atoms with E-state index in [1.807, 2.05) is 0 Å². The molecule has 1 aliphatic heterocycles. The first-order valence-corrected chi connectivity index (χ1v) is 7.16. The summed E-state index contributed by atoms with van der Waals surface area (Å²) < 4.78 is 26.1. The van der Waals surface area contributed by atoms with Crippen molar-refractivity contribution in [2.75, 3.05) is 6.54 Å². The molecule has 0 amide bonds. The van der Waals surface area contributed by atoms with Gasteiger partial charge in [0.2, 0.25) is 10.0 Å². The lowest BCUT2D eigenvalue weighted by Gasteiger charge is -2.20. The van der Waals surface area contributed by atoms with Crippen LogP contribution in [0.3, 0.4) is 0 Å². The van der Waals surface area contributed by atoms with Crippen LogP contribution in [-0.4, -0.2) is 31.6 Å². The second-order valence-corrected chi connectivity index (χ2v) is 5.98. The molecule has 1 aromatic carbocycles. The molecule has 0 saturated carbocycles. The summed E-state index contributed by atoms with van der Waals surface area (Å²) in [4.78, 5) is 13.5. The molecule has 0 radical (unpaired) electrons. The van der Waals surface area contributed by atoms with Crippen molar-refractivity contribution in [3.8, 4) is 0 Å². The summed E-state index contributed by atoms with van der Waals surface area (Å²) in [6, 6.07) is 5.31. The second kappa shape index (κ2) is 5.40. The Hall–Kier alpha value is -1.89. The molecule has 19 heavy (non-hydrogen) atoms. The third-order valence-corrected chi connectivity index (χ3v) is 4.98. The Morgan fingerprint density at radius 1 is 1.42 bits per heavy atom. The largest absolute Gasteiger partial charge is 0.302 e. The van der Waals surface area contributed by atoms with Crippen molar-refractivity contribution in [3.05, 3.63) is 34.7 Å². The highest BCUT2D eigenvalue weighted by atomic mass is 32.2. The monoisotopic (exact) mass is 280 g/mol. The number of nitrogens with zero attached hydrogens (tertiary/aromatic N) is 4. The smallest absolute Gasteiger partial charge is 0.244 e. The summed E-state index contributed by atoms with van der Waals surface area (Å²) in [7, 11) is -3.82. The van der Waals surface area contributed by atoms with E-state index in [1.165, 1.54) is 12.1 Å². The molecule has 100 valence electrons. The number of hydrogen-bond donors (Lipinski definition) is 0. The van der Waals surface area contributed by atoms with Crippen LogP contribution in [0.5, 0.6) is 0 Å². The normalized spacial score (nSPS) is 19.9. The highest BCUT2D eigenvalue weighted by Gasteiger charge is 2.35. The third kappa shape index (κ3) is 2.46. The van der Waals surface area contributed by atoms with E-state index in [-0.39, 0.29) is 10.6 Å². The summed E-state index contributed by atoms with van der Waals surface area (Å²) in [5.41, 5.74) is 8.51. The molecule has 1 fully saturated rings. The molecule has 2 rings (SSSR count). The Morgan fingerprint density at radius 3 is 2.84 bits per heavy atom. The Bertz CT molecular complexity index is 637. The quantitative estimate of drug-likeness (QED) is 0.364. The van der Waals surface area contributed by atoms with Gasteiger partial charge >= 0.3 is 0 Å². The molecule has 0 aliphatic carbocycles. The molecule has 7 nitrogen and oxygen atoms in total. The lowest BCUT2D eigenvalue weighted by Crippen LogP contribution is -2.36. The van der Waals surface area contributed by atoms with Crippen LogP contribution in [-0.2, 0) is 14.8 Å². The molecule has 0 bridgehead atoms. The molecule has 1 heterocycles. The summed E-state index contributed by atoms with van der Waals surface area (Å²) in [5.74, 6) is 0. The SMILES string of the molecule is [N-]=[N+]=Nc1ccccc1S(=O)(=O)N1CCC[C@H]1C=O. The number of carbonyl (C=O) groups excluding carboxylic acids is 1. The van der Waals surface area contributed by atoms with E-state index in [2.05, 4.69) is 10.0 Å². The van der Waals surface area contributed by atoms with Crippen molar-refractivity contribution in [2.45, 2.75) is 23.8 Å². The van der Waals surface area contributed by atoms with Gasteiger partial charge in [0.25, 0.3) is 0 Å². The summed E-state index contributed by atoms with van der Waals surface area (Å²) in [6.07, 6.45) is 1.81. The fraction of sp³-hybridized carbons (Fsp3) is 0.364. The summed E-state index contributed by atoms with van der Waals surface area (Å²) in [6.45, 7) is 0.302. The van der Waals surface area contributed by atoms with E-state index in [1.54, 1.807) is 12.1 Å². The van der Waals surface area contributed by atoms with Gasteiger partial charge in [0.1, 0.15) is 6.29 Å². The van der Waals surface area contributed by atoms with Gasteiger partial charge in [-0.1, -0.05) is 23.3 Å². The van der Waals surface area contributed by atoms with E-state index in [9.17, 15) is 13.2 Å². The zero-order valence-corrected chi connectivity index (χ0v) is 10.8. The maximum absolute atomic E-state index is 12.5. The topological polar surface area (TPSA) is 103 Å². The van der Waals surface area contributed by atoms with Crippen LogP contribution in [0.2, 0.25) is 0 Å². The highest BCUT2D eigenvalue weighted by molar-refractivity contribution is 7.89. The number of azide groups is 1. The van der Waals surface area contributed by atoms with E-state index in [0.29, 0.717) is 25.7 Å². The van der Waals surface area contributed by atoms with E-state index in [4.69, 9.17) is 5.53 Å². The fourth-order valence-corrected chi connectivity index (χ4v) is 3.89. The van der Waals surface area contributed by atoms with Gasteiger partial charge in [0.15, 0.2) is 0 Å². The molecule has 1 saturated heterocycles. The van der Waals surface area contributed by atoms with Crippen LogP contribution in [0, 0.1) is 0 Å². The maximum atomic E-state index is 12.5. The molecular weight excluding hydrogens is 268 g/mol. The van der Waals surface area contributed by atoms with Gasteiger partial charge in [-0.05, 0) is 24.4 Å². The van der Waals surface area contributed by atoms with Crippen molar-refractivity contribution in [1.82, 2.24) is 4.31 Å². The van der Waals surface area contributed by atoms with Crippen LogP contribution in [0.4, 0.5) is 5.69 Å². The Balaban J connectivity index is 2.51. The van der Waals surface area contributed by atoms with Gasteiger partial charge in [-0.2, -0.15) is 4.31 Å². The van der Waals surface area contributed by atoms with Crippen molar-refractivity contribution in [1.29, 1.82) is 0 Å². The van der Waals surface area contributed by atoms with Crippen LogP contribution >= 0.6 is 0 Å². The molecule has 0 spiro atoms. The number of carbonyl (C=O) groups is 1. The minimum absolute atomic E-state index is 0.0431. The average molecular weight is 280 g/mol. The molecule has 1 aliphatic rings. The number of sulfonamides is 1. The zero-order chi connectivity index (χ0) is 13.9. The van der Waals surface area contributed by atoms with Crippen LogP contribution in [0.25, 0.3) is 10.4 Å². The Morgan fingerprint density at radius 2 is 2.16 bits per heavy atom. The second-order valence-electron chi connectivity index (χ2n) is 4.12. The van der Waals surface area contributed by atoms with Gasteiger partial charge in [-0.25, -0.2) is 8.42 Å². The van der Waals surface area contributed by atoms with E-state index in [0.717, 1.165) is 4.31 Å². The van der Waals surface area contributed by atoms with E-state index < -0.39 is 16.1 Å². The molecule has 1 atom stereocenters.